The van der Waals surface area contributed by atoms with Gasteiger partial charge in [0.15, 0.2) is 11.7 Å². The third kappa shape index (κ3) is 3.89. The molecule has 152 valence electrons. The lowest BCUT2D eigenvalue weighted by Gasteiger charge is -2.33. The van der Waals surface area contributed by atoms with E-state index < -0.39 is 24.2 Å². The summed E-state index contributed by atoms with van der Waals surface area (Å²) in [4.78, 5) is 12.2. The molecule has 1 aliphatic rings. The average molecular weight is 417 g/mol. The first kappa shape index (κ1) is 20.3. The van der Waals surface area contributed by atoms with Crippen LogP contribution < -0.4 is 15.4 Å². The van der Waals surface area contributed by atoms with Crippen LogP contribution in [0.15, 0.2) is 24.3 Å². The number of aromatic nitrogens is 2. The topological polar surface area (TPSA) is 68.2 Å². The number of carbonyl (C=O) groups is 1. The summed E-state index contributed by atoms with van der Waals surface area (Å²) >= 11 is 6.24. The largest absolute Gasteiger partial charge is 0.497 e. The number of nitrogens with zero attached hydrogens (tertiary/aromatic N) is 2. The first-order valence-corrected chi connectivity index (χ1v) is 9.17. The highest BCUT2D eigenvalue weighted by atomic mass is 35.5. The molecule has 3 rings (SSSR count). The number of fused-ring (bicyclic) bond motifs is 1. The molecule has 0 radical (unpaired) electrons. The number of hydrogen-bond acceptors (Lipinski definition) is 4. The number of benzene rings is 1. The molecule has 10 heteroatoms. The predicted octanol–water partition coefficient (Wildman–Crippen LogP) is 4.35. The maximum atomic E-state index is 13.7. The Morgan fingerprint density at radius 1 is 1.39 bits per heavy atom. The minimum absolute atomic E-state index is 0.0160. The van der Waals surface area contributed by atoms with Gasteiger partial charge in [-0.05, 0) is 24.1 Å². The van der Waals surface area contributed by atoms with Gasteiger partial charge in [-0.1, -0.05) is 30.7 Å². The van der Waals surface area contributed by atoms with Gasteiger partial charge >= 0.3 is 6.18 Å². The van der Waals surface area contributed by atoms with Crippen molar-refractivity contribution >= 4 is 23.3 Å². The molecular formula is C18H20ClF3N4O2. The summed E-state index contributed by atoms with van der Waals surface area (Å²) in [7, 11) is 1.51. The van der Waals surface area contributed by atoms with E-state index in [1.165, 1.54) is 7.11 Å². The Morgan fingerprint density at radius 3 is 2.64 bits per heavy atom. The number of anilines is 1. The van der Waals surface area contributed by atoms with Crippen molar-refractivity contribution in [3.63, 3.8) is 0 Å². The highest BCUT2D eigenvalue weighted by Crippen LogP contribution is 2.46. The molecule has 1 aliphatic heterocycles. The van der Waals surface area contributed by atoms with Crippen molar-refractivity contribution in [2.24, 2.45) is 0 Å². The Balaban J connectivity index is 1.99. The summed E-state index contributed by atoms with van der Waals surface area (Å²) in [5.74, 6) is -0.0138. The summed E-state index contributed by atoms with van der Waals surface area (Å²) in [6.45, 7) is 2.24. The lowest BCUT2D eigenvalue weighted by molar-refractivity contribution is -0.173. The summed E-state index contributed by atoms with van der Waals surface area (Å²) in [6, 6.07) is 4.19. The maximum Gasteiger partial charge on any atom is 0.410 e. The van der Waals surface area contributed by atoms with Gasteiger partial charge in [0.25, 0.3) is 5.91 Å². The molecule has 1 aromatic carbocycles. The number of halogens is 4. The first-order chi connectivity index (χ1) is 13.3. The molecule has 0 fully saturated rings. The number of hydrogen-bond donors (Lipinski definition) is 2. The molecule has 2 atom stereocenters. The average Bonchev–Trinajstić information content (AvgIpc) is 3.01. The van der Waals surface area contributed by atoms with E-state index in [1.807, 2.05) is 6.92 Å². The summed E-state index contributed by atoms with van der Waals surface area (Å²) < 4.78 is 47.0. The van der Waals surface area contributed by atoms with Gasteiger partial charge in [-0.15, -0.1) is 0 Å². The maximum absolute atomic E-state index is 13.7. The van der Waals surface area contributed by atoms with E-state index in [9.17, 15) is 18.0 Å². The van der Waals surface area contributed by atoms with Crippen LogP contribution >= 0.6 is 11.6 Å². The van der Waals surface area contributed by atoms with Crippen molar-refractivity contribution in [2.75, 3.05) is 19.0 Å². The van der Waals surface area contributed by atoms with Gasteiger partial charge in [-0.2, -0.15) is 18.3 Å². The molecule has 2 heterocycles. The Hall–Kier alpha value is -2.42. The zero-order valence-electron chi connectivity index (χ0n) is 15.3. The highest BCUT2D eigenvalue weighted by molar-refractivity contribution is 6.36. The van der Waals surface area contributed by atoms with Gasteiger partial charge in [0.05, 0.1) is 13.2 Å². The lowest BCUT2D eigenvalue weighted by atomic mass is 9.97. The SMILES string of the molecule is CCCNC(=O)c1nn2c(c1Cl)N[C@@H](c1ccc(OC)cc1)C[C@@H]2C(F)(F)F. The van der Waals surface area contributed by atoms with E-state index in [1.54, 1.807) is 24.3 Å². The van der Waals surface area contributed by atoms with Crippen molar-refractivity contribution in [2.45, 2.75) is 38.0 Å². The summed E-state index contributed by atoms with van der Waals surface area (Å²) in [6.07, 6.45) is -4.15. The van der Waals surface area contributed by atoms with Crippen LogP contribution in [0.4, 0.5) is 19.0 Å². The van der Waals surface area contributed by atoms with Gasteiger partial charge in [0.2, 0.25) is 0 Å². The lowest BCUT2D eigenvalue weighted by Crippen LogP contribution is -2.36. The molecule has 2 aromatic rings. The van der Waals surface area contributed by atoms with Crippen LogP contribution in [-0.2, 0) is 0 Å². The first-order valence-electron chi connectivity index (χ1n) is 8.79. The van der Waals surface area contributed by atoms with Crippen LogP contribution in [0.25, 0.3) is 0 Å². The number of alkyl halides is 3. The van der Waals surface area contributed by atoms with Gasteiger partial charge in [-0.25, -0.2) is 4.68 Å². The Kier molecular flexibility index (Phi) is 5.74. The van der Waals surface area contributed by atoms with Gasteiger partial charge in [-0.3, -0.25) is 4.79 Å². The van der Waals surface area contributed by atoms with Crippen LogP contribution in [0, 0.1) is 0 Å². The van der Waals surface area contributed by atoms with Crippen LogP contribution in [-0.4, -0.2) is 35.5 Å². The van der Waals surface area contributed by atoms with Crippen LogP contribution in [0.5, 0.6) is 5.75 Å². The molecule has 0 aliphatic carbocycles. The molecule has 1 aromatic heterocycles. The highest BCUT2D eigenvalue weighted by Gasteiger charge is 2.47. The molecule has 0 saturated heterocycles. The van der Waals surface area contributed by atoms with Gasteiger partial charge in [0, 0.05) is 13.0 Å². The monoisotopic (exact) mass is 416 g/mol. The third-order valence-corrected chi connectivity index (χ3v) is 4.92. The number of carbonyl (C=O) groups excluding carboxylic acids is 1. The van der Waals surface area contributed by atoms with E-state index >= 15 is 0 Å². The van der Waals surface area contributed by atoms with Crippen LogP contribution in [0.2, 0.25) is 5.02 Å². The zero-order valence-corrected chi connectivity index (χ0v) is 16.1. The zero-order chi connectivity index (χ0) is 20.5. The quantitative estimate of drug-likeness (QED) is 0.760. The predicted molar refractivity (Wildman–Crippen MR) is 98.9 cm³/mol. The number of amides is 1. The smallest absolute Gasteiger partial charge is 0.410 e. The summed E-state index contributed by atoms with van der Waals surface area (Å²) in [5, 5.41) is 9.34. The molecule has 6 nitrogen and oxygen atoms in total. The minimum atomic E-state index is -4.55. The standard InChI is InChI=1S/C18H20ClF3N4O2/c1-3-8-23-17(27)15-14(19)16-24-12(10-4-6-11(28-2)7-5-10)9-13(18(20,21)22)26(16)25-15/h4-7,12-13,24H,3,8-9H2,1-2H3,(H,23,27)/t12-,13-/m1/s1. The third-order valence-electron chi connectivity index (χ3n) is 4.56. The van der Waals surface area contributed by atoms with E-state index in [2.05, 4.69) is 15.7 Å². The van der Waals surface area contributed by atoms with Crippen molar-refractivity contribution in [1.29, 1.82) is 0 Å². The number of nitrogens with one attached hydrogen (secondary N) is 2. The Morgan fingerprint density at radius 2 is 2.07 bits per heavy atom. The number of rotatable bonds is 5. The normalized spacial score (nSPS) is 18.9. The molecule has 2 N–H and O–H groups in total. The van der Waals surface area contributed by atoms with Crippen molar-refractivity contribution in [3.05, 3.63) is 40.5 Å². The number of methoxy groups -OCH3 is 1. The van der Waals surface area contributed by atoms with Crippen LogP contribution in [0.1, 0.15) is 47.9 Å². The fourth-order valence-electron chi connectivity index (χ4n) is 3.11. The van der Waals surface area contributed by atoms with E-state index in [4.69, 9.17) is 16.3 Å². The second kappa shape index (κ2) is 7.90. The fourth-order valence-corrected chi connectivity index (χ4v) is 3.38. The molecule has 28 heavy (non-hydrogen) atoms. The van der Waals surface area contributed by atoms with E-state index in [-0.39, 0.29) is 23.0 Å². The molecule has 0 saturated carbocycles. The minimum Gasteiger partial charge on any atom is -0.497 e. The van der Waals surface area contributed by atoms with Crippen molar-refractivity contribution < 1.29 is 22.7 Å². The fraction of sp³-hybridized carbons (Fsp3) is 0.444. The van der Waals surface area contributed by atoms with Crippen molar-refractivity contribution in [1.82, 2.24) is 15.1 Å². The van der Waals surface area contributed by atoms with Gasteiger partial charge in [0.1, 0.15) is 16.6 Å². The summed E-state index contributed by atoms with van der Waals surface area (Å²) in [5.41, 5.74) is 0.429. The second-order valence-corrected chi connectivity index (χ2v) is 6.85. The van der Waals surface area contributed by atoms with E-state index in [0.717, 1.165) is 4.68 Å². The van der Waals surface area contributed by atoms with E-state index in [0.29, 0.717) is 24.3 Å². The van der Waals surface area contributed by atoms with Crippen molar-refractivity contribution in [3.8, 4) is 5.75 Å². The number of ether oxygens (including phenoxy) is 1. The second-order valence-electron chi connectivity index (χ2n) is 6.47. The molecule has 0 unspecified atom stereocenters. The molecule has 0 spiro atoms. The Labute approximate surface area is 165 Å². The van der Waals surface area contributed by atoms with Gasteiger partial charge < -0.3 is 15.4 Å². The van der Waals surface area contributed by atoms with Crippen LogP contribution in [0.3, 0.4) is 0 Å². The molecule has 0 bridgehead atoms. The molecular weight excluding hydrogens is 397 g/mol. The molecule has 1 amide bonds. The Bertz CT molecular complexity index is 852.